The van der Waals surface area contributed by atoms with Gasteiger partial charge in [-0.2, -0.15) is 0 Å². The summed E-state index contributed by atoms with van der Waals surface area (Å²) >= 11 is 0. The first-order valence-corrected chi connectivity index (χ1v) is 5.69. The van der Waals surface area contributed by atoms with Gasteiger partial charge in [0.2, 0.25) is 0 Å². The Balaban J connectivity index is 2.11. The number of fused-ring (bicyclic) bond motifs is 1. The highest BCUT2D eigenvalue weighted by Gasteiger charge is 2.18. The number of nitrogens with zero attached hydrogens (tertiary/aromatic N) is 3. The molecular formula is C12H19N3. The highest BCUT2D eigenvalue weighted by molar-refractivity contribution is 5.20. The van der Waals surface area contributed by atoms with Crippen molar-refractivity contribution in [1.82, 2.24) is 14.9 Å². The zero-order chi connectivity index (χ0) is 10.8. The van der Waals surface area contributed by atoms with Crippen molar-refractivity contribution in [3.05, 3.63) is 23.3 Å². The third-order valence-electron chi connectivity index (χ3n) is 2.77. The lowest BCUT2D eigenvalue weighted by Gasteiger charge is -2.29. The summed E-state index contributed by atoms with van der Waals surface area (Å²) in [6, 6.07) is 0. The Hall–Kier alpha value is -0.960. The minimum atomic E-state index is 0.731. The molecule has 0 N–H and O–H groups in total. The SMILES string of the molecule is Cc1ncc2c(n1)CN(CC(C)C)CC2. The van der Waals surface area contributed by atoms with Gasteiger partial charge in [0.1, 0.15) is 5.82 Å². The van der Waals surface area contributed by atoms with Gasteiger partial charge >= 0.3 is 0 Å². The second kappa shape index (κ2) is 4.27. The largest absolute Gasteiger partial charge is 0.297 e. The molecule has 1 aliphatic heterocycles. The molecule has 1 aromatic rings. The van der Waals surface area contributed by atoms with Crippen molar-refractivity contribution < 1.29 is 0 Å². The molecule has 0 aromatic carbocycles. The van der Waals surface area contributed by atoms with Crippen molar-refractivity contribution >= 4 is 0 Å². The van der Waals surface area contributed by atoms with Crippen LogP contribution in [0.25, 0.3) is 0 Å². The lowest BCUT2D eigenvalue weighted by molar-refractivity contribution is 0.222. The van der Waals surface area contributed by atoms with Crippen molar-refractivity contribution in [3.8, 4) is 0 Å². The maximum absolute atomic E-state index is 4.52. The molecule has 1 aliphatic rings. The first-order chi connectivity index (χ1) is 7.15. The molecule has 2 heterocycles. The summed E-state index contributed by atoms with van der Waals surface area (Å²) in [6.45, 7) is 9.81. The summed E-state index contributed by atoms with van der Waals surface area (Å²) in [7, 11) is 0. The molecule has 2 rings (SSSR count). The van der Waals surface area contributed by atoms with Crippen LogP contribution in [-0.2, 0) is 13.0 Å². The summed E-state index contributed by atoms with van der Waals surface area (Å²) in [5, 5.41) is 0. The molecule has 82 valence electrons. The molecule has 1 aromatic heterocycles. The zero-order valence-corrected chi connectivity index (χ0v) is 9.82. The normalized spacial score (nSPS) is 16.8. The van der Waals surface area contributed by atoms with Gasteiger partial charge in [-0.25, -0.2) is 9.97 Å². The minimum absolute atomic E-state index is 0.731. The zero-order valence-electron chi connectivity index (χ0n) is 9.82. The third-order valence-corrected chi connectivity index (χ3v) is 2.77. The summed E-state index contributed by atoms with van der Waals surface area (Å²) in [5.41, 5.74) is 2.56. The molecule has 3 nitrogen and oxygen atoms in total. The fourth-order valence-corrected chi connectivity index (χ4v) is 2.13. The summed E-state index contributed by atoms with van der Waals surface area (Å²) in [6.07, 6.45) is 3.09. The van der Waals surface area contributed by atoms with E-state index in [9.17, 15) is 0 Å². The number of rotatable bonds is 2. The second-order valence-electron chi connectivity index (χ2n) is 4.77. The van der Waals surface area contributed by atoms with E-state index in [1.807, 2.05) is 13.1 Å². The van der Waals surface area contributed by atoms with Gasteiger partial charge in [-0.15, -0.1) is 0 Å². The van der Waals surface area contributed by atoms with Crippen LogP contribution in [0.4, 0.5) is 0 Å². The monoisotopic (exact) mass is 205 g/mol. The maximum Gasteiger partial charge on any atom is 0.125 e. The highest BCUT2D eigenvalue weighted by atomic mass is 15.1. The molecule has 0 aliphatic carbocycles. The van der Waals surface area contributed by atoms with Crippen molar-refractivity contribution in [3.63, 3.8) is 0 Å². The second-order valence-corrected chi connectivity index (χ2v) is 4.77. The molecule has 0 saturated carbocycles. The molecule has 0 spiro atoms. The number of aryl methyl sites for hydroxylation is 1. The molecule has 0 saturated heterocycles. The van der Waals surface area contributed by atoms with E-state index in [4.69, 9.17) is 0 Å². The highest BCUT2D eigenvalue weighted by Crippen LogP contribution is 2.16. The van der Waals surface area contributed by atoms with Gasteiger partial charge in [0.05, 0.1) is 5.69 Å². The van der Waals surface area contributed by atoms with Gasteiger partial charge < -0.3 is 0 Å². The number of hydrogen-bond acceptors (Lipinski definition) is 3. The van der Waals surface area contributed by atoms with Gasteiger partial charge in [-0.1, -0.05) is 13.8 Å². The molecule has 0 atom stereocenters. The van der Waals surface area contributed by atoms with E-state index in [-0.39, 0.29) is 0 Å². The van der Waals surface area contributed by atoms with Gasteiger partial charge in [0.15, 0.2) is 0 Å². The molecule has 0 unspecified atom stereocenters. The molecule has 0 fully saturated rings. The molecule has 0 radical (unpaired) electrons. The van der Waals surface area contributed by atoms with E-state index in [0.29, 0.717) is 0 Å². The van der Waals surface area contributed by atoms with E-state index in [1.165, 1.54) is 17.8 Å². The number of aromatic nitrogens is 2. The van der Waals surface area contributed by atoms with Crippen molar-refractivity contribution in [1.29, 1.82) is 0 Å². The van der Waals surface area contributed by atoms with Crippen LogP contribution in [0.1, 0.15) is 30.9 Å². The first kappa shape index (κ1) is 10.6. The molecule has 3 heteroatoms. The first-order valence-electron chi connectivity index (χ1n) is 5.69. The van der Waals surface area contributed by atoms with Crippen LogP contribution in [0.15, 0.2) is 6.20 Å². The van der Waals surface area contributed by atoms with E-state index in [0.717, 1.165) is 31.3 Å². The third kappa shape index (κ3) is 2.53. The van der Waals surface area contributed by atoms with Crippen LogP contribution in [0.3, 0.4) is 0 Å². The van der Waals surface area contributed by atoms with Crippen molar-refractivity contribution in [2.45, 2.75) is 33.7 Å². The van der Waals surface area contributed by atoms with E-state index in [2.05, 4.69) is 28.7 Å². The Morgan fingerprint density at radius 1 is 1.47 bits per heavy atom. The van der Waals surface area contributed by atoms with Crippen LogP contribution in [-0.4, -0.2) is 28.0 Å². The van der Waals surface area contributed by atoms with E-state index >= 15 is 0 Å². The Kier molecular flexibility index (Phi) is 3.00. The lowest BCUT2D eigenvalue weighted by Crippen LogP contribution is -2.34. The van der Waals surface area contributed by atoms with Crippen LogP contribution in [0, 0.1) is 12.8 Å². The Bertz CT molecular complexity index is 347. The predicted octanol–water partition coefficient (Wildman–Crippen LogP) is 1.80. The van der Waals surface area contributed by atoms with Crippen LogP contribution >= 0.6 is 0 Å². The predicted molar refractivity (Wildman–Crippen MR) is 60.6 cm³/mol. The maximum atomic E-state index is 4.52. The van der Waals surface area contributed by atoms with Crippen LogP contribution in [0.5, 0.6) is 0 Å². The summed E-state index contributed by atoms with van der Waals surface area (Å²) < 4.78 is 0. The van der Waals surface area contributed by atoms with Crippen LogP contribution in [0.2, 0.25) is 0 Å². The fourth-order valence-electron chi connectivity index (χ4n) is 2.13. The number of hydrogen-bond donors (Lipinski definition) is 0. The van der Waals surface area contributed by atoms with Gasteiger partial charge in [0, 0.05) is 25.8 Å². The standard InChI is InChI=1S/C12H19N3/c1-9(2)7-15-5-4-11-6-13-10(3)14-12(11)8-15/h6,9H,4-5,7-8H2,1-3H3. The topological polar surface area (TPSA) is 29.0 Å². The molecule has 0 bridgehead atoms. The smallest absolute Gasteiger partial charge is 0.125 e. The van der Waals surface area contributed by atoms with E-state index < -0.39 is 0 Å². The van der Waals surface area contributed by atoms with Crippen molar-refractivity contribution in [2.75, 3.05) is 13.1 Å². The molecule has 0 amide bonds. The van der Waals surface area contributed by atoms with E-state index in [1.54, 1.807) is 0 Å². The van der Waals surface area contributed by atoms with Crippen molar-refractivity contribution in [2.24, 2.45) is 5.92 Å². The molecular weight excluding hydrogens is 186 g/mol. The lowest BCUT2D eigenvalue weighted by atomic mass is 10.1. The summed E-state index contributed by atoms with van der Waals surface area (Å²) in [5.74, 6) is 1.62. The Morgan fingerprint density at radius 2 is 2.27 bits per heavy atom. The van der Waals surface area contributed by atoms with Crippen LogP contribution < -0.4 is 0 Å². The Morgan fingerprint density at radius 3 is 3.00 bits per heavy atom. The van der Waals surface area contributed by atoms with Gasteiger partial charge in [0.25, 0.3) is 0 Å². The molecule has 15 heavy (non-hydrogen) atoms. The summed E-state index contributed by atoms with van der Waals surface area (Å²) in [4.78, 5) is 11.3. The minimum Gasteiger partial charge on any atom is -0.297 e. The quantitative estimate of drug-likeness (QED) is 0.737. The average Bonchev–Trinajstić information content (AvgIpc) is 2.16. The van der Waals surface area contributed by atoms with Gasteiger partial charge in [-0.3, -0.25) is 4.90 Å². The Labute approximate surface area is 91.5 Å². The average molecular weight is 205 g/mol. The fraction of sp³-hybridized carbons (Fsp3) is 0.667. The van der Waals surface area contributed by atoms with Gasteiger partial charge in [-0.05, 0) is 24.8 Å².